The molecule has 39 heavy (non-hydrogen) atoms. The Labute approximate surface area is 237 Å². The highest BCUT2D eigenvalue weighted by atomic mass is 79.9. The summed E-state index contributed by atoms with van der Waals surface area (Å²) in [5, 5.41) is 0. The normalized spacial score (nSPS) is 10.6. The summed E-state index contributed by atoms with van der Waals surface area (Å²) >= 11 is 3.42. The lowest BCUT2D eigenvalue weighted by Crippen LogP contribution is -2.04. The Bertz CT molecular complexity index is 1450. The van der Waals surface area contributed by atoms with Crippen molar-refractivity contribution in [3.8, 4) is 23.0 Å². The van der Waals surface area contributed by atoms with E-state index in [0.717, 1.165) is 32.5 Å². The summed E-state index contributed by atoms with van der Waals surface area (Å²) in [6.45, 7) is 1.66. The van der Waals surface area contributed by atoms with Gasteiger partial charge in [0.15, 0.2) is 11.5 Å². The van der Waals surface area contributed by atoms with Crippen LogP contribution in [0.4, 0.5) is 0 Å². The number of hydrogen-bond donors (Lipinski definition) is 0. The zero-order chi connectivity index (χ0) is 26.7. The van der Waals surface area contributed by atoms with Crippen LogP contribution in [0.25, 0.3) is 0 Å². The van der Waals surface area contributed by atoms with Gasteiger partial charge < -0.3 is 18.9 Å². The second-order valence-electron chi connectivity index (χ2n) is 8.89. The van der Waals surface area contributed by atoms with Crippen LogP contribution in [0.3, 0.4) is 0 Å². The maximum Gasteiger partial charge on any atom is 0.162 e. The van der Waals surface area contributed by atoms with E-state index < -0.39 is 0 Å². The molecule has 5 aromatic carbocycles. The molecule has 5 heteroatoms. The minimum Gasteiger partial charge on any atom is -0.488 e. The highest BCUT2D eigenvalue weighted by Crippen LogP contribution is 2.31. The van der Waals surface area contributed by atoms with Gasteiger partial charge in [0, 0.05) is 16.1 Å². The Balaban J connectivity index is 1.27. The SMILES string of the molecule is Brc1c[c]c(OCc2ccccc2OCc2ccc(OCc3ccccc3)c(OCc3ccccc3)c2)cc1. The number of ether oxygens (including phenoxy) is 4. The molecule has 0 aliphatic carbocycles. The van der Waals surface area contributed by atoms with Crippen LogP contribution in [0.2, 0.25) is 0 Å². The van der Waals surface area contributed by atoms with Crippen LogP contribution < -0.4 is 18.9 Å². The second kappa shape index (κ2) is 13.5. The molecule has 0 spiro atoms. The Hall–Kier alpha value is -4.22. The van der Waals surface area contributed by atoms with Gasteiger partial charge in [0.1, 0.15) is 37.9 Å². The van der Waals surface area contributed by atoms with Gasteiger partial charge in [-0.2, -0.15) is 0 Å². The van der Waals surface area contributed by atoms with Crippen molar-refractivity contribution in [2.24, 2.45) is 0 Å². The molecule has 0 atom stereocenters. The van der Waals surface area contributed by atoms with Crippen LogP contribution in [-0.4, -0.2) is 0 Å². The monoisotopic (exact) mass is 579 g/mol. The molecule has 0 bridgehead atoms. The van der Waals surface area contributed by atoms with Crippen molar-refractivity contribution >= 4 is 15.9 Å². The summed E-state index contributed by atoms with van der Waals surface area (Å²) in [6.07, 6.45) is 0. The van der Waals surface area contributed by atoms with Gasteiger partial charge >= 0.3 is 0 Å². The maximum atomic E-state index is 6.22. The van der Waals surface area contributed by atoms with Gasteiger partial charge in [-0.05, 0) is 53.1 Å². The van der Waals surface area contributed by atoms with Crippen molar-refractivity contribution in [3.05, 3.63) is 154 Å². The summed E-state index contributed by atoms with van der Waals surface area (Å²) in [7, 11) is 0. The van der Waals surface area contributed by atoms with Crippen LogP contribution in [0.5, 0.6) is 23.0 Å². The molecule has 195 valence electrons. The predicted octanol–water partition coefficient (Wildman–Crippen LogP) is 8.57. The first-order chi connectivity index (χ1) is 19.2. The van der Waals surface area contributed by atoms with E-state index in [-0.39, 0.29) is 0 Å². The fraction of sp³-hybridized carbons (Fsp3) is 0.118. The van der Waals surface area contributed by atoms with E-state index in [1.54, 1.807) is 0 Å². The van der Waals surface area contributed by atoms with Crippen molar-refractivity contribution in [1.82, 2.24) is 0 Å². The minimum atomic E-state index is 0.377. The Kier molecular flexibility index (Phi) is 9.16. The molecular formula is C34H28BrO4. The molecule has 0 unspecified atom stereocenters. The van der Waals surface area contributed by atoms with Gasteiger partial charge in [-0.1, -0.05) is 101 Å². The summed E-state index contributed by atoms with van der Waals surface area (Å²) in [5.74, 6) is 2.82. The standard InChI is InChI=1S/C34H28BrO4/c35-30-16-18-31(19-17-30)36-25-29-13-7-8-14-32(29)37-24-28-15-20-33(38-22-26-9-3-1-4-10-26)34(21-28)39-23-27-11-5-2-6-12-27/h1-18,20-21H,22-25H2. The minimum absolute atomic E-state index is 0.377. The summed E-state index contributed by atoms with van der Waals surface area (Å²) in [4.78, 5) is 0. The first-order valence-electron chi connectivity index (χ1n) is 12.7. The molecule has 0 saturated carbocycles. The van der Waals surface area contributed by atoms with Gasteiger partial charge in [-0.15, -0.1) is 0 Å². The number of rotatable bonds is 12. The van der Waals surface area contributed by atoms with E-state index in [2.05, 4.69) is 22.0 Å². The van der Waals surface area contributed by atoms with E-state index in [0.29, 0.717) is 43.7 Å². The Morgan fingerprint density at radius 2 is 1.10 bits per heavy atom. The van der Waals surface area contributed by atoms with Crippen molar-refractivity contribution in [2.45, 2.75) is 26.4 Å². The number of para-hydroxylation sites is 1. The molecular weight excluding hydrogens is 552 g/mol. The van der Waals surface area contributed by atoms with E-state index in [4.69, 9.17) is 18.9 Å². The number of hydrogen-bond acceptors (Lipinski definition) is 4. The lowest BCUT2D eigenvalue weighted by atomic mass is 10.2. The average Bonchev–Trinajstić information content (AvgIpc) is 2.99. The zero-order valence-electron chi connectivity index (χ0n) is 21.4. The van der Waals surface area contributed by atoms with Crippen LogP contribution in [0, 0.1) is 6.07 Å². The third-order valence-electron chi connectivity index (χ3n) is 5.98. The summed E-state index contributed by atoms with van der Waals surface area (Å²) in [5.41, 5.74) is 4.11. The number of halogens is 1. The Morgan fingerprint density at radius 1 is 0.487 bits per heavy atom. The van der Waals surface area contributed by atoms with Gasteiger partial charge in [0.05, 0.1) is 0 Å². The van der Waals surface area contributed by atoms with E-state index in [1.165, 1.54) is 0 Å². The van der Waals surface area contributed by atoms with E-state index in [9.17, 15) is 0 Å². The van der Waals surface area contributed by atoms with Crippen molar-refractivity contribution < 1.29 is 18.9 Å². The van der Waals surface area contributed by atoms with Gasteiger partial charge in [-0.25, -0.2) is 0 Å². The Morgan fingerprint density at radius 3 is 1.79 bits per heavy atom. The van der Waals surface area contributed by atoms with Crippen LogP contribution >= 0.6 is 15.9 Å². The molecule has 0 N–H and O–H groups in total. The average molecular weight is 580 g/mol. The van der Waals surface area contributed by atoms with Gasteiger partial charge in [0.25, 0.3) is 0 Å². The zero-order valence-corrected chi connectivity index (χ0v) is 23.0. The van der Waals surface area contributed by atoms with Crippen molar-refractivity contribution in [1.29, 1.82) is 0 Å². The largest absolute Gasteiger partial charge is 0.488 e. The molecule has 1 radical (unpaired) electrons. The lowest BCUT2D eigenvalue weighted by Gasteiger charge is -2.16. The quantitative estimate of drug-likeness (QED) is 0.148. The fourth-order valence-corrected chi connectivity index (χ4v) is 4.15. The van der Waals surface area contributed by atoms with Crippen molar-refractivity contribution in [2.75, 3.05) is 0 Å². The summed E-state index contributed by atoms with van der Waals surface area (Å²) in [6, 6.07) is 42.8. The molecule has 0 fully saturated rings. The second-order valence-corrected chi connectivity index (χ2v) is 9.80. The molecule has 0 aliphatic heterocycles. The first-order valence-corrected chi connectivity index (χ1v) is 13.5. The predicted molar refractivity (Wildman–Crippen MR) is 156 cm³/mol. The van der Waals surface area contributed by atoms with Gasteiger partial charge in [-0.3, -0.25) is 0 Å². The topological polar surface area (TPSA) is 36.9 Å². The molecule has 5 aromatic rings. The molecule has 4 nitrogen and oxygen atoms in total. The molecule has 0 saturated heterocycles. The lowest BCUT2D eigenvalue weighted by molar-refractivity contribution is 0.253. The van der Waals surface area contributed by atoms with Crippen LogP contribution in [-0.2, 0) is 26.4 Å². The van der Waals surface area contributed by atoms with E-state index in [1.807, 2.05) is 121 Å². The summed E-state index contributed by atoms with van der Waals surface area (Å²) < 4.78 is 25.5. The fourth-order valence-electron chi connectivity index (χ4n) is 3.91. The third-order valence-corrected chi connectivity index (χ3v) is 6.47. The molecule has 5 rings (SSSR count). The first kappa shape index (κ1) is 26.4. The highest BCUT2D eigenvalue weighted by molar-refractivity contribution is 9.10. The molecule has 0 amide bonds. The molecule has 0 aromatic heterocycles. The third kappa shape index (κ3) is 7.88. The smallest absolute Gasteiger partial charge is 0.162 e. The highest BCUT2D eigenvalue weighted by Gasteiger charge is 2.11. The molecule has 0 heterocycles. The number of benzene rings is 5. The van der Waals surface area contributed by atoms with Crippen molar-refractivity contribution in [3.63, 3.8) is 0 Å². The molecule has 0 aliphatic rings. The van der Waals surface area contributed by atoms with Crippen LogP contribution in [0.1, 0.15) is 22.3 Å². The van der Waals surface area contributed by atoms with E-state index >= 15 is 0 Å². The van der Waals surface area contributed by atoms with Gasteiger partial charge in [0.2, 0.25) is 0 Å². The van der Waals surface area contributed by atoms with Crippen LogP contribution in [0.15, 0.2) is 126 Å². The maximum absolute atomic E-state index is 6.22.